The molecule has 1 saturated carbocycles. The van der Waals surface area contributed by atoms with Gasteiger partial charge in [-0.25, -0.2) is 4.52 Å². The van der Waals surface area contributed by atoms with Crippen LogP contribution in [0.4, 0.5) is 17.3 Å². The van der Waals surface area contributed by atoms with Crippen LogP contribution in [0.2, 0.25) is 0 Å². The summed E-state index contributed by atoms with van der Waals surface area (Å²) >= 11 is 0. The molecule has 7 rings (SSSR count). The second-order valence-electron chi connectivity index (χ2n) is 12.1. The minimum absolute atomic E-state index is 0.0877. The van der Waals surface area contributed by atoms with Crippen LogP contribution in [0.25, 0.3) is 5.65 Å². The third kappa shape index (κ3) is 4.88. The van der Waals surface area contributed by atoms with Gasteiger partial charge in [0.15, 0.2) is 5.65 Å². The number of rotatable bonds is 8. The molecule has 12 heteroatoms. The molecular weight excluding hydrogens is 506 g/mol. The van der Waals surface area contributed by atoms with Crippen LogP contribution in [0.1, 0.15) is 32.1 Å². The summed E-state index contributed by atoms with van der Waals surface area (Å²) in [5.41, 5.74) is 2.93. The Hall–Kier alpha value is -3.69. The number of anilines is 3. The molecule has 6 heterocycles. The number of nitriles is 1. The van der Waals surface area contributed by atoms with E-state index in [9.17, 15) is 10.1 Å². The highest BCUT2D eigenvalue weighted by atomic mass is 16.2. The van der Waals surface area contributed by atoms with Crippen molar-refractivity contribution in [3.8, 4) is 6.07 Å². The van der Waals surface area contributed by atoms with Crippen LogP contribution in [0.15, 0.2) is 30.7 Å². The van der Waals surface area contributed by atoms with Gasteiger partial charge in [-0.05, 0) is 50.3 Å². The molecule has 210 valence electrons. The van der Waals surface area contributed by atoms with Gasteiger partial charge in [-0.15, -0.1) is 5.10 Å². The summed E-state index contributed by atoms with van der Waals surface area (Å²) < 4.78 is 3.50. The quantitative estimate of drug-likeness (QED) is 0.454. The molecule has 3 aromatic heterocycles. The van der Waals surface area contributed by atoms with E-state index in [1.807, 2.05) is 27.9 Å². The van der Waals surface area contributed by atoms with Gasteiger partial charge in [0.05, 0.1) is 23.6 Å². The number of carbonyl (C=O) groups excluding carboxylic acids is 1. The van der Waals surface area contributed by atoms with E-state index in [0.717, 1.165) is 62.8 Å². The van der Waals surface area contributed by atoms with E-state index >= 15 is 0 Å². The van der Waals surface area contributed by atoms with Crippen LogP contribution in [-0.4, -0.2) is 110 Å². The van der Waals surface area contributed by atoms with Gasteiger partial charge >= 0.3 is 0 Å². The number of pyridine rings is 1. The Labute approximate surface area is 234 Å². The SMILES string of the molecule is CN1CCN(C(=O)Cn2cc(Nc3nc4c(N5CC6CCC(C5)N6CC5(CC#N)CC5)cccn4n3)cn2)CC1. The van der Waals surface area contributed by atoms with E-state index in [4.69, 9.17) is 4.98 Å². The molecule has 4 aliphatic rings. The highest BCUT2D eigenvalue weighted by Crippen LogP contribution is 2.51. The number of hydrogen-bond acceptors (Lipinski definition) is 9. The molecule has 2 unspecified atom stereocenters. The summed E-state index contributed by atoms with van der Waals surface area (Å²) in [4.78, 5) is 26.9. The van der Waals surface area contributed by atoms with Crippen LogP contribution < -0.4 is 10.2 Å². The zero-order valence-electron chi connectivity index (χ0n) is 23.1. The third-order valence-corrected chi connectivity index (χ3v) is 9.29. The van der Waals surface area contributed by atoms with E-state index in [-0.39, 0.29) is 17.9 Å². The largest absolute Gasteiger partial charge is 0.365 e. The monoisotopic (exact) mass is 543 g/mol. The first-order valence-electron chi connectivity index (χ1n) is 14.5. The van der Waals surface area contributed by atoms with E-state index in [0.29, 0.717) is 24.5 Å². The lowest BCUT2D eigenvalue weighted by molar-refractivity contribution is -0.133. The Morgan fingerprint density at radius 2 is 1.95 bits per heavy atom. The van der Waals surface area contributed by atoms with Crippen molar-refractivity contribution in [3.05, 3.63) is 30.7 Å². The zero-order valence-corrected chi connectivity index (χ0v) is 23.1. The second kappa shape index (κ2) is 10.1. The van der Waals surface area contributed by atoms with E-state index in [1.54, 1.807) is 10.9 Å². The Bertz CT molecular complexity index is 1410. The summed E-state index contributed by atoms with van der Waals surface area (Å²) in [6, 6.07) is 7.64. The average molecular weight is 544 g/mol. The number of piperazine rings is 2. The molecule has 0 aromatic carbocycles. The molecular formula is C28H37N11O. The molecule has 3 aliphatic heterocycles. The molecule has 3 saturated heterocycles. The van der Waals surface area contributed by atoms with Gasteiger partial charge in [-0.2, -0.15) is 15.3 Å². The Morgan fingerprint density at radius 3 is 2.67 bits per heavy atom. The van der Waals surface area contributed by atoms with Gasteiger partial charge in [0.2, 0.25) is 11.9 Å². The average Bonchev–Trinajstić information content (AvgIpc) is 3.23. The molecule has 0 spiro atoms. The minimum Gasteiger partial charge on any atom is -0.365 e. The van der Waals surface area contributed by atoms with Gasteiger partial charge in [-0.1, -0.05) is 0 Å². The van der Waals surface area contributed by atoms with Crippen molar-refractivity contribution in [3.63, 3.8) is 0 Å². The second-order valence-corrected chi connectivity index (χ2v) is 12.1. The highest BCUT2D eigenvalue weighted by molar-refractivity contribution is 5.76. The topological polar surface area (TPSA) is 114 Å². The lowest BCUT2D eigenvalue weighted by Gasteiger charge is -2.43. The number of fused-ring (bicyclic) bond motifs is 3. The Kier molecular flexibility index (Phi) is 6.35. The lowest BCUT2D eigenvalue weighted by Crippen LogP contribution is -2.55. The first kappa shape index (κ1) is 25.3. The number of likely N-dealkylation sites (N-methyl/N-ethyl adjacent to an activating group) is 1. The van der Waals surface area contributed by atoms with Crippen LogP contribution in [0.3, 0.4) is 0 Å². The maximum Gasteiger partial charge on any atom is 0.247 e. The van der Waals surface area contributed by atoms with Gasteiger partial charge in [-0.3, -0.25) is 14.4 Å². The first-order valence-corrected chi connectivity index (χ1v) is 14.5. The molecule has 0 radical (unpaired) electrons. The van der Waals surface area contributed by atoms with E-state index < -0.39 is 0 Å². The summed E-state index contributed by atoms with van der Waals surface area (Å²) in [6.07, 6.45) is 11.0. The molecule has 12 nitrogen and oxygen atoms in total. The van der Waals surface area contributed by atoms with Crippen LogP contribution in [-0.2, 0) is 11.3 Å². The molecule has 1 N–H and O–H groups in total. The lowest BCUT2D eigenvalue weighted by atomic mass is 10.0. The van der Waals surface area contributed by atoms with Crippen molar-refractivity contribution in [2.45, 2.75) is 50.7 Å². The Morgan fingerprint density at radius 1 is 1.18 bits per heavy atom. The van der Waals surface area contributed by atoms with Crippen molar-refractivity contribution in [2.24, 2.45) is 5.41 Å². The fraction of sp³-hybridized carbons (Fsp3) is 0.607. The molecule has 3 aromatic rings. The van der Waals surface area contributed by atoms with Crippen molar-refractivity contribution < 1.29 is 4.79 Å². The molecule has 1 aliphatic carbocycles. The normalized spacial score (nSPS) is 24.4. The van der Waals surface area contributed by atoms with Gasteiger partial charge in [0.25, 0.3) is 0 Å². The maximum atomic E-state index is 12.7. The number of aromatic nitrogens is 5. The highest BCUT2D eigenvalue weighted by Gasteiger charge is 2.49. The van der Waals surface area contributed by atoms with E-state index in [1.165, 1.54) is 25.7 Å². The van der Waals surface area contributed by atoms with Gasteiger partial charge in [0, 0.05) is 76.7 Å². The molecule has 1 amide bonds. The maximum absolute atomic E-state index is 12.7. The smallest absolute Gasteiger partial charge is 0.247 e. The van der Waals surface area contributed by atoms with Crippen LogP contribution >= 0.6 is 0 Å². The molecule has 2 bridgehead atoms. The van der Waals surface area contributed by atoms with Crippen LogP contribution in [0.5, 0.6) is 0 Å². The number of hydrogen-bond donors (Lipinski definition) is 1. The fourth-order valence-electron chi connectivity index (χ4n) is 6.70. The molecule has 4 fully saturated rings. The van der Waals surface area contributed by atoms with Crippen molar-refractivity contribution >= 4 is 28.9 Å². The number of nitrogens with one attached hydrogen (secondary N) is 1. The summed E-state index contributed by atoms with van der Waals surface area (Å²) in [6.45, 7) is 6.56. The molecule has 2 atom stereocenters. The van der Waals surface area contributed by atoms with Crippen LogP contribution in [0, 0.1) is 16.7 Å². The number of carbonyl (C=O) groups is 1. The van der Waals surface area contributed by atoms with Crippen molar-refractivity contribution in [1.29, 1.82) is 5.26 Å². The fourth-order valence-corrected chi connectivity index (χ4v) is 6.70. The molecule has 40 heavy (non-hydrogen) atoms. The zero-order chi connectivity index (χ0) is 27.3. The van der Waals surface area contributed by atoms with Gasteiger partial charge in [0.1, 0.15) is 6.54 Å². The standard InChI is InChI=1S/C28H37N11O/c1-34-11-13-35(14-12-34)25(40)19-37-16-21(15-30-37)31-27-32-26-24(3-2-10-39(26)33-27)36-17-22-4-5-23(18-36)38(22)20-28(6-7-28)8-9-29/h2-3,10,15-16,22-23H,4-8,11-14,17-20H2,1H3,(H,31,33). The Balaban J connectivity index is 1.02. The first-order chi connectivity index (χ1) is 19.5. The predicted molar refractivity (Wildman–Crippen MR) is 150 cm³/mol. The minimum atomic E-state index is 0.0877. The summed E-state index contributed by atoms with van der Waals surface area (Å²) in [5, 5.41) is 21.6. The van der Waals surface area contributed by atoms with Gasteiger partial charge < -0.3 is 20.0 Å². The summed E-state index contributed by atoms with van der Waals surface area (Å²) in [7, 11) is 2.08. The number of nitrogens with zero attached hydrogens (tertiary/aromatic N) is 10. The van der Waals surface area contributed by atoms with E-state index in [2.05, 4.69) is 49.4 Å². The number of amides is 1. The third-order valence-electron chi connectivity index (χ3n) is 9.29. The summed E-state index contributed by atoms with van der Waals surface area (Å²) in [5.74, 6) is 0.593. The van der Waals surface area contributed by atoms with Crippen molar-refractivity contribution in [2.75, 3.05) is 63.1 Å². The van der Waals surface area contributed by atoms with Crippen molar-refractivity contribution in [1.82, 2.24) is 39.1 Å². The predicted octanol–water partition coefficient (Wildman–Crippen LogP) is 1.79.